The first-order valence-corrected chi connectivity index (χ1v) is 6.90. The second kappa shape index (κ2) is 3.48. The zero-order chi connectivity index (χ0) is 13.2. The van der Waals surface area contributed by atoms with Crippen molar-refractivity contribution in [2.75, 3.05) is 0 Å². The van der Waals surface area contributed by atoms with Gasteiger partial charge in [-0.1, -0.05) is 0 Å². The summed E-state index contributed by atoms with van der Waals surface area (Å²) in [4.78, 5) is 12.3. The second-order valence-corrected chi connectivity index (χ2v) is 7.19. The molecular weight excluding hydrogens is 232 g/mol. The molecule has 4 aliphatic carbocycles. The van der Waals surface area contributed by atoms with Gasteiger partial charge >= 0.3 is 5.97 Å². The lowest BCUT2D eigenvalue weighted by Crippen LogP contribution is -2.65. The first-order valence-electron chi connectivity index (χ1n) is 6.90. The number of carbonyl (C=O) groups excluding carboxylic acids is 1. The van der Waals surface area contributed by atoms with Gasteiger partial charge in [-0.05, 0) is 51.9 Å². The van der Waals surface area contributed by atoms with Crippen LogP contribution in [0.25, 0.3) is 0 Å². The highest BCUT2D eigenvalue weighted by atomic mass is 16.5. The van der Waals surface area contributed by atoms with Crippen molar-refractivity contribution in [1.29, 1.82) is 0 Å². The summed E-state index contributed by atoms with van der Waals surface area (Å²) in [7, 11) is 0. The standard InChI is InChI=1S/C14H22O4/c1-9(2)18-11(15)12-3-10-4-13(16,6-12)8-14(17,5-10)7-12/h9-10,16-17H,3-8H2,1-2H3. The number of ether oxygens (including phenoxy) is 1. The highest BCUT2D eigenvalue weighted by Gasteiger charge is 2.65. The maximum absolute atomic E-state index is 12.3. The van der Waals surface area contributed by atoms with Crippen LogP contribution in [-0.2, 0) is 9.53 Å². The van der Waals surface area contributed by atoms with Gasteiger partial charge in [0.25, 0.3) is 0 Å². The lowest BCUT2D eigenvalue weighted by atomic mass is 9.46. The second-order valence-electron chi connectivity index (χ2n) is 7.19. The minimum Gasteiger partial charge on any atom is -0.463 e. The number of carbonyl (C=O) groups is 1. The third kappa shape index (κ3) is 1.77. The molecule has 0 amide bonds. The van der Waals surface area contributed by atoms with Gasteiger partial charge in [0.05, 0.1) is 22.7 Å². The van der Waals surface area contributed by atoms with Gasteiger partial charge in [0.15, 0.2) is 0 Å². The van der Waals surface area contributed by atoms with Crippen molar-refractivity contribution in [2.24, 2.45) is 11.3 Å². The molecule has 0 aromatic carbocycles. The molecule has 0 aromatic rings. The molecule has 4 heteroatoms. The van der Waals surface area contributed by atoms with Crippen LogP contribution < -0.4 is 0 Å². The Morgan fingerprint density at radius 2 is 1.67 bits per heavy atom. The molecule has 102 valence electrons. The van der Waals surface area contributed by atoms with Crippen molar-refractivity contribution in [3.63, 3.8) is 0 Å². The zero-order valence-electron chi connectivity index (χ0n) is 11.1. The van der Waals surface area contributed by atoms with E-state index in [0.29, 0.717) is 19.3 Å². The molecule has 4 nitrogen and oxygen atoms in total. The molecular formula is C14H22O4. The molecule has 18 heavy (non-hydrogen) atoms. The van der Waals surface area contributed by atoms with E-state index in [1.807, 2.05) is 13.8 Å². The minimum absolute atomic E-state index is 0.144. The van der Waals surface area contributed by atoms with Crippen LogP contribution in [0.15, 0.2) is 0 Å². The largest absolute Gasteiger partial charge is 0.463 e. The Kier molecular flexibility index (Phi) is 2.40. The molecule has 0 aliphatic heterocycles. The summed E-state index contributed by atoms with van der Waals surface area (Å²) in [5.74, 6) is 0.0365. The predicted octanol–water partition coefficient (Wildman–Crippen LogP) is 1.38. The van der Waals surface area contributed by atoms with E-state index in [-0.39, 0.29) is 18.0 Å². The van der Waals surface area contributed by atoms with Crippen molar-refractivity contribution in [1.82, 2.24) is 0 Å². The van der Waals surface area contributed by atoms with Crippen LogP contribution in [-0.4, -0.2) is 33.5 Å². The Labute approximate surface area is 107 Å². The summed E-state index contributed by atoms with van der Waals surface area (Å²) in [6, 6.07) is 0. The molecule has 2 unspecified atom stereocenters. The minimum atomic E-state index is -0.857. The van der Waals surface area contributed by atoms with Gasteiger partial charge in [0.1, 0.15) is 0 Å². The lowest BCUT2D eigenvalue weighted by Gasteiger charge is -2.62. The molecule has 2 atom stereocenters. The predicted molar refractivity (Wildman–Crippen MR) is 64.8 cm³/mol. The van der Waals surface area contributed by atoms with Gasteiger partial charge in [0.2, 0.25) is 0 Å². The quantitative estimate of drug-likeness (QED) is 0.731. The lowest BCUT2D eigenvalue weighted by molar-refractivity contribution is -0.238. The summed E-state index contributed by atoms with van der Waals surface area (Å²) in [6.45, 7) is 3.67. The van der Waals surface area contributed by atoms with Gasteiger partial charge in [-0.15, -0.1) is 0 Å². The Bertz CT molecular complexity index is 371. The number of aliphatic hydroxyl groups is 2. The molecule has 0 aromatic heterocycles. The molecule has 4 aliphatic rings. The Morgan fingerprint density at radius 3 is 2.11 bits per heavy atom. The fourth-order valence-corrected chi connectivity index (χ4v) is 4.90. The summed E-state index contributed by atoms with van der Waals surface area (Å²) in [5.41, 5.74) is -2.36. The molecule has 0 radical (unpaired) electrons. The van der Waals surface area contributed by atoms with Crippen molar-refractivity contribution in [3.05, 3.63) is 0 Å². The fourth-order valence-electron chi connectivity index (χ4n) is 4.90. The van der Waals surface area contributed by atoms with Crippen LogP contribution in [0.1, 0.15) is 52.4 Å². The van der Waals surface area contributed by atoms with E-state index in [1.54, 1.807) is 0 Å². The SMILES string of the molecule is CC(C)OC(=O)C12CC3CC(O)(CC(O)(C3)C1)C2. The molecule has 4 bridgehead atoms. The fraction of sp³-hybridized carbons (Fsp3) is 0.929. The molecule has 0 spiro atoms. The van der Waals surface area contributed by atoms with Crippen LogP contribution in [0.5, 0.6) is 0 Å². The third-order valence-electron chi connectivity index (χ3n) is 4.79. The van der Waals surface area contributed by atoms with Gasteiger partial charge in [-0.25, -0.2) is 0 Å². The van der Waals surface area contributed by atoms with Gasteiger partial charge in [0, 0.05) is 6.42 Å². The smallest absolute Gasteiger partial charge is 0.312 e. The molecule has 0 saturated heterocycles. The first kappa shape index (κ1) is 12.4. The highest BCUT2D eigenvalue weighted by Crippen LogP contribution is 2.63. The number of hydrogen-bond donors (Lipinski definition) is 2. The Balaban J connectivity index is 1.91. The zero-order valence-corrected chi connectivity index (χ0v) is 11.1. The Hall–Kier alpha value is -0.610. The van der Waals surface area contributed by atoms with E-state index in [0.717, 1.165) is 19.3 Å². The van der Waals surface area contributed by atoms with Crippen LogP contribution in [0.3, 0.4) is 0 Å². The van der Waals surface area contributed by atoms with Crippen molar-refractivity contribution in [2.45, 2.75) is 69.7 Å². The monoisotopic (exact) mass is 254 g/mol. The van der Waals surface area contributed by atoms with Crippen LogP contribution >= 0.6 is 0 Å². The van der Waals surface area contributed by atoms with Crippen LogP contribution in [0.4, 0.5) is 0 Å². The van der Waals surface area contributed by atoms with Gasteiger partial charge < -0.3 is 14.9 Å². The maximum Gasteiger partial charge on any atom is 0.312 e. The summed E-state index contributed by atoms with van der Waals surface area (Å²) >= 11 is 0. The van der Waals surface area contributed by atoms with Crippen molar-refractivity contribution in [3.8, 4) is 0 Å². The van der Waals surface area contributed by atoms with Crippen LogP contribution in [0.2, 0.25) is 0 Å². The van der Waals surface area contributed by atoms with E-state index in [2.05, 4.69) is 0 Å². The van der Waals surface area contributed by atoms with E-state index in [1.165, 1.54) is 0 Å². The van der Waals surface area contributed by atoms with E-state index >= 15 is 0 Å². The number of hydrogen-bond acceptors (Lipinski definition) is 4. The third-order valence-corrected chi connectivity index (χ3v) is 4.79. The summed E-state index contributed by atoms with van der Waals surface area (Å²) < 4.78 is 5.36. The van der Waals surface area contributed by atoms with E-state index in [9.17, 15) is 15.0 Å². The van der Waals surface area contributed by atoms with Gasteiger partial charge in [-0.2, -0.15) is 0 Å². The average molecular weight is 254 g/mol. The van der Waals surface area contributed by atoms with E-state index in [4.69, 9.17) is 4.74 Å². The van der Waals surface area contributed by atoms with Gasteiger partial charge in [-0.3, -0.25) is 4.79 Å². The summed E-state index contributed by atoms with van der Waals surface area (Å²) in [6.07, 6.45) is 3.43. The number of esters is 1. The Morgan fingerprint density at radius 1 is 1.11 bits per heavy atom. The molecule has 4 rings (SSSR count). The highest BCUT2D eigenvalue weighted by molar-refractivity contribution is 5.78. The van der Waals surface area contributed by atoms with Crippen molar-refractivity contribution < 1.29 is 19.7 Å². The normalized spacial score (nSPS) is 49.7. The number of rotatable bonds is 2. The molecule has 4 saturated carbocycles. The topological polar surface area (TPSA) is 66.8 Å². The summed E-state index contributed by atoms with van der Waals surface area (Å²) in [5, 5.41) is 21.1. The van der Waals surface area contributed by atoms with Crippen molar-refractivity contribution >= 4 is 5.97 Å². The van der Waals surface area contributed by atoms with E-state index < -0.39 is 16.6 Å². The molecule has 2 N–H and O–H groups in total. The first-order chi connectivity index (χ1) is 8.24. The van der Waals surface area contributed by atoms with Crippen LogP contribution in [0, 0.1) is 11.3 Å². The maximum atomic E-state index is 12.3. The molecule has 4 fully saturated rings. The molecule has 0 heterocycles. The average Bonchev–Trinajstić information content (AvgIpc) is 2.09.